The maximum atomic E-state index is 6.14. The van der Waals surface area contributed by atoms with Gasteiger partial charge in [-0.1, -0.05) is 43.2 Å². The number of nitrogens with zero attached hydrogens (tertiary/aromatic N) is 1. The average Bonchev–Trinajstić information content (AvgIpc) is 2.45. The molecule has 1 aromatic rings. The van der Waals surface area contributed by atoms with Crippen LogP contribution in [0.3, 0.4) is 0 Å². The highest BCUT2D eigenvalue weighted by atomic mass is 16.5. The summed E-state index contributed by atoms with van der Waals surface area (Å²) in [6.45, 7) is 0.893. The van der Waals surface area contributed by atoms with Gasteiger partial charge >= 0.3 is 0 Å². The van der Waals surface area contributed by atoms with Gasteiger partial charge in [0.1, 0.15) is 0 Å². The van der Waals surface area contributed by atoms with E-state index in [4.69, 9.17) is 4.74 Å². The molecule has 1 saturated carbocycles. The fourth-order valence-electron chi connectivity index (χ4n) is 3.02. The van der Waals surface area contributed by atoms with Crippen LogP contribution in [-0.2, 0) is 11.2 Å². The molecule has 1 fully saturated rings. The highest BCUT2D eigenvalue weighted by molar-refractivity contribution is 5.14. The first-order valence-corrected chi connectivity index (χ1v) is 7.59. The van der Waals surface area contributed by atoms with Crippen molar-refractivity contribution >= 4 is 0 Å². The van der Waals surface area contributed by atoms with E-state index in [9.17, 15) is 0 Å². The third kappa shape index (κ3) is 4.63. The summed E-state index contributed by atoms with van der Waals surface area (Å²) in [5.74, 6) is 0. The number of likely N-dealkylation sites (N-methyl/N-ethyl adjacent to an activating group) is 1. The Labute approximate surface area is 117 Å². The van der Waals surface area contributed by atoms with E-state index in [-0.39, 0.29) is 0 Å². The van der Waals surface area contributed by atoms with Gasteiger partial charge in [0.25, 0.3) is 0 Å². The summed E-state index contributed by atoms with van der Waals surface area (Å²) in [7, 11) is 4.35. The number of rotatable bonds is 6. The Morgan fingerprint density at radius 3 is 2.58 bits per heavy atom. The quantitative estimate of drug-likeness (QED) is 0.727. The predicted octanol–water partition coefficient (Wildman–Crippen LogP) is 3.51. The van der Waals surface area contributed by atoms with E-state index in [2.05, 4.69) is 49.3 Å². The monoisotopic (exact) mass is 261 g/mol. The van der Waals surface area contributed by atoms with Crippen molar-refractivity contribution in [3.63, 3.8) is 0 Å². The lowest BCUT2D eigenvalue weighted by molar-refractivity contribution is -0.0238. The van der Waals surface area contributed by atoms with Crippen molar-refractivity contribution in [1.82, 2.24) is 4.90 Å². The lowest BCUT2D eigenvalue weighted by Gasteiger charge is -2.36. The number of aryl methyl sites for hydroxylation is 1. The maximum Gasteiger partial charge on any atom is 0.0730 e. The molecule has 0 N–H and O–H groups in total. The van der Waals surface area contributed by atoms with Crippen molar-refractivity contribution < 1.29 is 4.74 Å². The first-order chi connectivity index (χ1) is 9.27. The van der Waals surface area contributed by atoms with Crippen LogP contribution in [0.15, 0.2) is 30.3 Å². The Bertz CT molecular complexity index is 350. The Morgan fingerprint density at radius 1 is 1.11 bits per heavy atom. The maximum absolute atomic E-state index is 6.14. The van der Waals surface area contributed by atoms with Gasteiger partial charge in [0.2, 0.25) is 0 Å². The molecule has 2 atom stereocenters. The zero-order valence-electron chi connectivity index (χ0n) is 12.3. The number of benzene rings is 1. The molecule has 0 heterocycles. The topological polar surface area (TPSA) is 12.5 Å². The zero-order chi connectivity index (χ0) is 13.5. The zero-order valence-corrected chi connectivity index (χ0v) is 12.3. The molecule has 1 aromatic carbocycles. The number of hydrogen-bond donors (Lipinski definition) is 0. The minimum absolute atomic E-state index is 0.444. The SMILES string of the molecule is CN(C)[C@H]1CCCC[C@@H]1OCCCc1ccccc1. The van der Waals surface area contributed by atoms with Gasteiger partial charge in [0, 0.05) is 12.6 Å². The van der Waals surface area contributed by atoms with E-state index in [0.29, 0.717) is 12.1 Å². The summed E-state index contributed by atoms with van der Waals surface area (Å²) in [6.07, 6.45) is 7.89. The molecule has 0 bridgehead atoms. The Balaban J connectivity index is 1.69. The second-order valence-electron chi connectivity index (χ2n) is 5.81. The second kappa shape index (κ2) is 7.66. The molecular weight excluding hydrogens is 234 g/mol. The van der Waals surface area contributed by atoms with Crippen LogP contribution in [0.5, 0.6) is 0 Å². The molecule has 2 heteroatoms. The molecule has 1 aliphatic carbocycles. The van der Waals surface area contributed by atoms with Gasteiger partial charge in [-0.3, -0.25) is 0 Å². The number of hydrogen-bond acceptors (Lipinski definition) is 2. The molecular formula is C17H27NO. The van der Waals surface area contributed by atoms with E-state index in [0.717, 1.165) is 19.4 Å². The van der Waals surface area contributed by atoms with Crippen molar-refractivity contribution in [2.45, 2.75) is 50.7 Å². The van der Waals surface area contributed by atoms with Gasteiger partial charge in [0.05, 0.1) is 6.10 Å². The minimum atomic E-state index is 0.444. The van der Waals surface area contributed by atoms with Crippen molar-refractivity contribution in [3.8, 4) is 0 Å². The Morgan fingerprint density at radius 2 is 1.84 bits per heavy atom. The molecule has 106 valence electrons. The van der Waals surface area contributed by atoms with Crippen LogP contribution in [0.25, 0.3) is 0 Å². The van der Waals surface area contributed by atoms with Crippen molar-refractivity contribution in [2.24, 2.45) is 0 Å². The fourth-order valence-corrected chi connectivity index (χ4v) is 3.02. The molecule has 0 radical (unpaired) electrons. The van der Waals surface area contributed by atoms with Gasteiger partial charge in [-0.25, -0.2) is 0 Å². The molecule has 0 aromatic heterocycles. The molecule has 2 nitrogen and oxygen atoms in total. The van der Waals surface area contributed by atoms with Crippen molar-refractivity contribution in [3.05, 3.63) is 35.9 Å². The van der Waals surface area contributed by atoms with Crippen molar-refractivity contribution in [2.75, 3.05) is 20.7 Å². The molecule has 0 amide bonds. The van der Waals surface area contributed by atoms with Crippen LogP contribution in [0.4, 0.5) is 0 Å². The summed E-state index contributed by atoms with van der Waals surface area (Å²) in [6, 6.07) is 11.3. The lowest BCUT2D eigenvalue weighted by atomic mass is 9.91. The fraction of sp³-hybridized carbons (Fsp3) is 0.647. The van der Waals surface area contributed by atoms with Crippen LogP contribution in [0.1, 0.15) is 37.7 Å². The van der Waals surface area contributed by atoms with Crippen molar-refractivity contribution in [1.29, 1.82) is 0 Å². The van der Waals surface area contributed by atoms with Gasteiger partial charge < -0.3 is 9.64 Å². The normalized spacial score (nSPS) is 23.7. The van der Waals surface area contributed by atoms with Gasteiger partial charge in [0.15, 0.2) is 0 Å². The first kappa shape index (κ1) is 14.5. The van der Waals surface area contributed by atoms with Crippen LogP contribution < -0.4 is 0 Å². The summed E-state index contributed by atoms with van der Waals surface area (Å²) in [5, 5.41) is 0. The van der Waals surface area contributed by atoms with Crippen LogP contribution in [-0.4, -0.2) is 37.7 Å². The Kier molecular flexibility index (Phi) is 5.87. The predicted molar refractivity (Wildman–Crippen MR) is 80.4 cm³/mol. The summed E-state index contributed by atoms with van der Waals surface area (Å²) in [5.41, 5.74) is 1.42. The average molecular weight is 261 g/mol. The molecule has 0 unspecified atom stereocenters. The highest BCUT2D eigenvalue weighted by Crippen LogP contribution is 2.24. The Hall–Kier alpha value is -0.860. The lowest BCUT2D eigenvalue weighted by Crippen LogP contribution is -2.42. The molecule has 0 spiro atoms. The standard InChI is InChI=1S/C17H27NO/c1-18(2)16-12-6-7-13-17(16)19-14-8-11-15-9-4-3-5-10-15/h3-5,9-10,16-17H,6-8,11-14H2,1-2H3/t16-,17-/m0/s1. The van der Waals surface area contributed by atoms with Crippen LogP contribution in [0.2, 0.25) is 0 Å². The van der Waals surface area contributed by atoms with E-state index in [1.165, 1.54) is 31.2 Å². The van der Waals surface area contributed by atoms with Crippen LogP contribution >= 0.6 is 0 Å². The summed E-state index contributed by atoms with van der Waals surface area (Å²) >= 11 is 0. The molecule has 0 aliphatic heterocycles. The third-order valence-electron chi connectivity index (χ3n) is 4.12. The smallest absolute Gasteiger partial charge is 0.0730 e. The third-order valence-corrected chi connectivity index (χ3v) is 4.12. The summed E-state index contributed by atoms with van der Waals surface area (Å²) < 4.78 is 6.14. The first-order valence-electron chi connectivity index (χ1n) is 7.59. The molecule has 19 heavy (non-hydrogen) atoms. The van der Waals surface area contributed by atoms with Gasteiger partial charge in [-0.05, 0) is 45.3 Å². The molecule has 2 rings (SSSR count). The largest absolute Gasteiger partial charge is 0.377 e. The van der Waals surface area contributed by atoms with Gasteiger partial charge in [-0.15, -0.1) is 0 Å². The van der Waals surface area contributed by atoms with E-state index in [1.54, 1.807) is 0 Å². The highest BCUT2D eigenvalue weighted by Gasteiger charge is 2.26. The van der Waals surface area contributed by atoms with E-state index in [1.807, 2.05) is 0 Å². The molecule has 0 saturated heterocycles. The van der Waals surface area contributed by atoms with Crippen LogP contribution in [0, 0.1) is 0 Å². The summed E-state index contributed by atoms with van der Waals surface area (Å²) in [4.78, 5) is 2.33. The van der Waals surface area contributed by atoms with E-state index < -0.39 is 0 Å². The second-order valence-corrected chi connectivity index (χ2v) is 5.81. The minimum Gasteiger partial charge on any atom is -0.377 e. The molecule has 1 aliphatic rings. The van der Waals surface area contributed by atoms with Gasteiger partial charge in [-0.2, -0.15) is 0 Å². The van der Waals surface area contributed by atoms with E-state index >= 15 is 0 Å². The number of ether oxygens (including phenoxy) is 1.